The molecule has 2 atom stereocenters. The van der Waals surface area contributed by atoms with Crippen molar-refractivity contribution in [2.75, 3.05) is 73.0 Å². The van der Waals surface area contributed by atoms with E-state index in [-0.39, 0.29) is 30.6 Å². The molecule has 38 heavy (non-hydrogen) atoms. The van der Waals surface area contributed by atoms with Crippen LogP contribution in [-0.2, 0) is 28.5 Å². The van der Waals surface area contributed by atoms with E-state index < -0.39 is 29.7 Å². The number of fused-ring (bicyclic) bond motifs is 1. The highest BCUT2D eigenvalue weighted by atomic mass is 16.6. The first-order valence-corrected chi connectivity index (χ1v) is 13.0. The molecule has 4 rings (SSSR count). The Balaban J connectivity index is 1.05. The van der Waals surface area contributed by atoms with Crippen LogP contribution in [0.5, 0.6) is 5.75 Å². The topological polar surface area (TPSA) is 133 Å². The minimum atomic E-state index is -0.996. The Hall–Kier alpha value is -2.90. The highest BCUT2D eigenvalue weighted by molar-refractivity contribution is 6.23. The molecule has 0 saturated carbocycles. The van der Waals surface area contributed by atoms with Crippen LogP contribution >= 0.6 is 0 Å². The van der Waals surface area contributed by atoms with E-state index in [9.17, 15) is 19.2 Å². The molecule has 4 amide bonds. The van der Waals surface area contributed by atoms with E-state index in [1.54, 1.807) is 6.07 Å². The molecule has 12 heteroatoms. The van der Waals surface area contributed by atoms with E-state index in [1.165, 1.54) is 12.1 Å². The minimum absolute atomic E-state index is 0.0745. The van der Waals surface area contributed by atoms with E-state index >= 15 is 0 Å². The first-order valence-electron chi connectivity index (χ1n) is 13.0. The third kappa shape index (κ3) is 7.35. The number of likely N-dealkylation sites (tertiary alicyclic amines) is 1. The second-order valence-corrected chi connectivity index (χ2v) is 9.38. The van der Waals surface area contributed by atoms with Crippen molar-refractivity contribution in [2.45, 2.75) is 31.4 Å². The van der Waals surface area contributed by atoms with Crippen LogP contribution in [0, 0.1) is 0 Å². The van der Waals surface area contributed by atoms with Gasteiger partial charge in [-0.1, -0.05) is 0 Å². The maximum atomic E-state index is 12.9. The smallest absolute Gasteiger partial charge is 0.262 e. The molecule has 0 aliphatic carbocycles. The number of carbonyl (C=O) groups is 4. The van der Waals surface area contributed by atoms with E-state index in [1.807, 2.05) is 0 Å². The minimum Gasteiger partial charge on any atom is -0.491 e. The van der Waals surface area contributed by atoms with Crippen molar-refractivity contribution in [3.8, 4) is 5.75 Å². The summed E-state index contributed by atoms with van der Waals surface area (Å²) >= 11 is 0. The fourth-order valence-electron chi connectivity index (χ4n) is 4.60. The van der Waals surface area contributed by atoms with Gasteiger partial charge < -0.3 is 28.6 Å². The number of hydrogen-bond donors (Lipinski definition) is 1. The molecule has 0 aromatic heterocycles. The molecular weight excluding hydrogens is 498 g/mol. The lowest BCUT2D eigenvalue weighted by atomic mass is 10.0. The Morgan fingerprint density at radius 3 is 2.16 bits per heavy atom. The van der Waals surface area contributed by atoms with E-state index in [0.717, 1.165) is 24.4 Å². The summed E-state index contributed by atoms with van der Waals surface area (Å²) in [6.45, 7) is 5.58. The predicted molar refractivity (Wildman–Crippen MR) is 133 cm³/mol. The molecule has 2 saturated heterocycles. The molecule has 0 radical (unpaired) electrons. The van der Waals surface area contributed by atoms with Gasteiger partial charge in [0, 0.05) is 19.5 Å². The number of benzene rings is 1. The summed E-state index contributed by atoms with van der Waals surface area (Å²) in [7, 11) is 2.09. The lowest BCUT2D eigenvalue weighted by Gasteiger charge is -2.27. The summed E-state index contributed by atoms with van der Waals surface area (Å²) in [5.41, 5.74) is 0.380. The molecule has 0 spiro atoms. The van der Waals surface area contributed by atoms with Crippen molar-refractivity contribution < 1.29 is 42.9 Å². The number of carbonyl (C=O) groups excluding carboxylic acids is 4. The molecule has 1 aromatic rings. The molecule has 208 valence electrons. The largest absolute Gasteiger partial charge is 0.491 e. The van der Waals surface area contributed by atoms with Crippen molar-refractivity contribution in [1.29, 1.82) is 0 Å². The zero-order valence-electron chi connectivity index (χ0n) is 21.6. The quantitative estimate of drug-likeness (QED) is 0.247. The summed E-state index contributed by atoms with van der Waals surface area (Å²) in [6, 6.07) is 3.59. The molecule has 0 bridgehead atoms. The Morgan fingerprint density at radius 2 is 1.50 bits per heavy atom. The maximum absolute atomic E-state index is 12.9. The van der Waals surface area contributed by atoms with Gasteiger partial charge in [0.25, 0.3) is 11.8 Å². The number of piperidine rings is 1. The lowest BCUT2D eigenvalue weighted by molar-refractivity contribution is -0.136. The molecule has 12 nitrogen and oxygen atoms in total. The molecule has 3 aliphatic heterocycles. The van der Waals surface area contributed by atoms with Crippen molar-refractivity contribution >= 4 is 23.6 Å². The standard InChI is InChI=1S/C26H35N3O9/c1-28-7-6-19(17-28)38-15-13-36-11-9-34-8-10-35-12-14-37-18-2-3-20-21(16-18)26(33)29(25(20)32)22-4-5-23(30)27-24(22)31/h2-3,16,19,22H,4-15,17H2,1H3,(H,27,30,31)/t19-,22?/m1/s1. The fraction of sp³-hybridized carbons (Fsp3) is 0.615. The SMILES string of the molecule is CN1CC[C@@H](OCCOCCOCCOCCOc2ccc3c(c2)C(=O)N(C2CCC(=O)NC2=O)C3=O)C1. The fourth-order valence-corrected chi connectivity index (χ4v) is 4.60. The van der Waals surface area contributed by atoms with Gasteiger partial charge in [-0.2, -0.15) is 0 Å². The molecule has 2 fully saturated rings. The highest BCUT2D eigenvalue weighted by Gasteiger charge is 2.44. The van der Waals surface area contributed by atoms with Crippen LogP contribution in [0.15, 0.2) is 18.2 Å². The van der Waals surface area contributed by atoms with Crippen molar-refractivity contribution in [2.24, 2.45) is 0 Å². The third-order valence-corrected chi connectivity index (χ3v) is 6.58. The number of likely N-dealkylation sites (N-methyl/N-ethyl adjacent to an activating group) is 1. The second-order valence-electron chi connectivity index (χ2n) is 9.38. The summed E-state index contributed by atoms with van der Waals surface area (Å²) in [4.78, 5) is 52.3. The van der Waals surface area contributed by atoms with Crippen LogP contribution in [0.25, 0.3) is 0 Å². The van der Waals surface area contributed by atoms with Crippen molar-refractivity contribution in [3.63, 3.8) is 0 Å². The normalized spacial score (nSPS) is 21.8. The number of nitrogens with one attached hydrogen (secondary N) is 1. The average molecular weight is 534 g/mol. The number of hydrogen-bond acceptors (Lipinski definition) is 10. The predicted octanol–water partition coefficient (Wildman–Crippen LogP) is 0.237. The Bertz CT molecular complexity index is 1020. The number of amides is 4. The van der Waals surface area contributed by atoms with Gasteiger partial charge in [0.1, 0.15) is 18.4 Å². The van der Waals surface area contributed by atoms with Crippen LogP contribution in [0.2, 0.25) is 0 Å². The van der Waals surface area contributed by atoms with Crippen molar-refractivity contribution in [3.05, 3.63) is 29.3 Å². The first-order chi connectivity index (χ1) is 18.4. The van der Waals surface area contributed by atoms with Gasteiger partial charge in [-0.25, -0.2) is 0 Å². The maximum Gasteiger partial charge on any atom is 0.262 e. The highest BCUT2D eigenvalue weighted by Crippen LogP contribution is 2.30. The van der Waals surface area contributed by atoms with Gasteiger partial charge in [0.05, 0.1) is 63.5 Å². The van der Waals surface area contributed by atoms with Crippen LogP contribution in [-0.4, -0.2) is 119 Å². The molecule has 1 unspecified atom stereocenters. The van der Waals surface area contributed by atoms with Crippen molar-refractivity contribution in [1.82, 2.24) is 15.1 Å². The number of imide groups is 2. The molecule has 1 N–H and O–H groups in total. The summed E-state index contributed by atoms with van der Waals surface area (Å²) in [5, 5.41) is 2.18. The van der Waals surface area contributed by atoms with Gasteiger partial charge in [0.2, 0.25) is 11.8 Å². The monoisotopic (exact) mass is 533 g/mol. The van der Waals surface area contributed by atoms with Gasteiger partial charge >= 0.3 is 0 Å². The van der Waals surface area contributed by atoms with Crippen LogP contribution in [0.4, 0.5) is 0 Å². The van der Waals surface area contributed by atoms with Gasteiger partial charge in [-0.05, 0) is 38.1 Å². The number of ether oxygens (including phenoxy) is 5. The average Bonchev–Trinajstić information content (AvgIpc) is 3.42. The van der Waals surface area contributed by atoms with E-state index in [4.69, 9.17) is 23.7 Å². The van der Waals surface area contributed by atoms with Gasteiger partial charge in [0.15, 0.2) is 0 Å². The van der Waals surface area contributed by atoms with E-state index in [2.05, 4.69) is 17.3 Å². The zero-order valence-corrected chi connectivity index (χ0v) is 21.6. The number of nitrogens with zero attached hydrogens (tertiary/aromatic N) is 2. The Kier molecular flexibility index (Phi) is 10.2. The van der Waals surface area contributed by atoms with Crippen LogP contribution in [0.3, 0.4) is 0 Å². The molecule has 3 heterocycles. The lowest BCUT2D eigenvalue weighted by Crippen LogP contribution is -2.54. The van der Waals surface area contributed by atoms with Crippen LogP contribution < -0.4 is 10.1 Å². The van der Waals surface area contributed by atoms with E-state index in [0.29, 0.717) is 58.1 Å². The van der Waals surface area contributed by atoms with Gasteiger partial charge in [-0.15, -0.1) is 0 Å². The third-order valence-electron chi connectivity index (χ3n) is 6.58. The first kappa shape index (κ1) is 28.1. The molecule has 3 aliphatic rings. The summed E-state index contributed by atoms with van der Waals surface area (Å²) in [6.07, 6.45) is 1.57. The van der Waals surface area contributed by atoms with Gasteiger partial charge in [-0.3, -0.25) is 29.4 Å². The van der Waals surface area contributed by atoms with Crippen LogP contribution in [0.1, 0.15) is 40.0 Å². The molecular formula is C26H35N3O9. The second kappa shape index (κ2) is 13.8. The Morgan fingerprint density at radius 1 is 0.842 bits per heavy atom. The zero-order chi connectivity index (χ0) is 26.9. The Labute approximate surface area is 221 Å². The summed E-state index contributed by atoms with van der Waals surface area (Å²) < 4.78 is 27.9. The number of rotatable bonds is 15. The molecule has 1 aromatic carbocycles. The summed E-state index contributed by atoms with van der Waals surface area (Å²) in [5.74, 6) is -1.76.